The van der Waals surface area contributed by atoms with Crippen LogP contribution < -0.4 is 4.74 Å². The number of methoxy groups -OCH3 is 1. The number of benzene rings is 1. The zero-order chi connectivity index (χ0) is 27.0. The normalized spacial score (nSPS) is 42.3. The van der Waals surface area contributed by atoms with E-state index in [1.165, 1.54) is 19.8 Å². The van der Waals surface area contributed by atoms with E-state index in [-0.39, 0.29) is 40.6 Å². The van der Waals surface area contributed by atoms with Crippen LogP contribution >= 0.6 is 0 Å². The third-order valence-electron chi connectivity index (χ3n) is 12.2. The molecule has 7 aliphatic rings. The highest BCUT2D eigenvalue weighted by Crippen LogP contribution is 2.79. The van der Waals surface area contributed by atoms with Crippen LogP contribution in [0.2, 0.25) is 0 Å². The summed E-state index contributed by atoms with van der Waals surface area (Å²) in [6.45, 7) is 11.7. The van der Waals surface area contributed by atoms with Crippen LogP contribution in [-0.2, 0) is 19.7 Å². The summed E-state index contributed by atoms with van der Waals surface area (Å²) in [5, 5.41) is 23.4. The quantitative estimate of drug-likeness (QED) is 0.548. The van der Waals surface area contributed by atoms with Gasteiger partial charge in [-0.2, -0.15) is 0 Å². The van der Waals surface area contributed by atoms with E-state index in [1.54, 1.807) is 13.2 Å². The summed E-state index contributed by atoms with van der Waals surface area (Å²) < 4.78 is 19.7. The summed E-state index contributed by atoms with van der Waals surface area (Å²) in [6, 6.07) is 3.64. The molecular formula is C31H43NO6. The lowest BCUT2D eigenvalue weighted by atomic mass is 9.33. The Morgan fingerprint density at radius 3 is 2.55 bits per heavy atom. The fourth-order valence-electron chi connectivity index (χ4n) is 9.92. The van der Waals surface area contributed by atoms with E-state index in [4.69, 9.17) is 14.2 Å². The van der Waals surface area contributed by atoms with Crippen molar-refractivity contribution in [2.45, 2.75) is 108 Å². The molecule has 2 aliphatic heterocycles. The molecule has 38 heavy (non-hydrogen) atoms. The standard InChI is InChI=1S/C31H43NO6/c1-17(33)37-23-19-9-10-20(34)24-22(19)30-13-14-32(16-18-7-8-18)25(23)29(30)11-12-31(36-6,26(30)38-24)21(15-29)28(5,35)27(2,3)4/h9-10,18,21,23,25-26,34-35H,7-8,11-16H2,1-6H3/t21-,23?,25-,26-,28+,29-,30+,31-/m1/s1. The topological polar surface area (TPSA) is 88.5 Å². The number of phenols is 1. The minimum atomic E-state index is -1.04. The van der Waals surface area contributed by atoms with E-state index >= 15 is 0 Å². The summed E-state index contributed by atoms with van der Waals surface area (Å²) in [4.78, 5) is 15.2. The van der Waals surface area contributed by atoms with Crippen molar-refractivity contribution in [2.24, 2.45) is 22.7 Å². The number of nitrogens with zero attached hydrogens (tertiary/aromatic N) is 1. The first-order chi connectivity index (χ1) is 17.8. The van der Waals surface area contributed by atoms with Gasteiger partial charge in [0.15, 0.2) is 11.5 Å². The fourth-order valence-corrected chi connectivity index (χ4v) is 9.92. The van der Waals surface area contributed by atoms with Crippen LogP contribution in [0.25, 0.3) is 0 Å². The minimum Gasteiger partial charge on any atom is -0.504 e. The molecule has 0 radical (unpaired) electrons. The van der Waals surface area contributed by atoms with E-state index in [1.807, 2.05) is 13.0 Å². The van der Waals surface area contributed by atoms with Crippen LogP contribution in [0, 0.1) is 22.7 Å². The van der Waals surface area contributed by atoms with Gasteiger partial charge in [-0.15, -0.1) is 0 Å². The highest BCUT2D eigenvalue weighted by atomic mass is 16.6. The molecule has 1 aromatic carbocycles. The van der Waals surface area contributed by atoms with Crippen molar-refractivity contribution in [3.8, 4) is 11.5 Å². The van der Waals surface area contributed by atoms with Crippen molar-refractivity contribution in [1.29, 1.82) is 0 Å². The van der Waals surface area contributed by atoms with E-state index in [2.05, 4.69) is 25.7 Å². The summed E-state index contributed by atoms with van der Waals surface area (Å²) in [5.41, 5.74) is -0.761. The zero-order valence-corrected chi connectivity index (χ0v) is 23.7. The maximum atomic E-state index is 12.6. The Bertz CT molecular complexity index is 1200. The number of rotatable bonds is 5. The third kappa shape index (κ3) is 2.74. The van der Waals surface area contributed by atoms with Gasteiger partial charge in [0.25, 0.3) is 0 Å². The molecule has 2 spiro atoms. The molecule has 2 N–H and O–H groups in total. The molecular weight excluding hydrogens is 482 g/mol. The van der Waals surface area contributed by atoms with Gasteiger partial charge in [-0.1, -0.05) is 26.8 Å². The van der Waals surface area contributed by atoms with Crippen molar-refractivity contribution in [3.05, 3.63) is 23.3 Å². The van der Waals surface area contributed by atoms with Crippen molar-refractivity contribution >= 4 is 5.97 Å². The van der Waals surface area contributed by atoms with Crippen LogP contribution in [0.1, 0.15) is 90.4 Å². The number of phenolic OH excluding ortho intramolecular Hbond substituents is 1. The molecule has 4 bridgehead atoms. The van der Waals surface area contributed by atoms with Gasteiger partial charge in [0.1, 0.15) is 17.8 Å². The number of piperidine rings is 1. The lowest BCUT2D eigenvalue weighted by Crippen LogP contribution is -2.83. The molecule has 7 nitrogen and oxygen atoms in total. The number of likely N-dealkylation sites (tertiary alicyclic amines) is 1. The number of carbonyl (C=O) groups excluding carboxylic acids is 1. The molecule has 5 aliphatic carbocycles. The predicted octanol–water partition coefficient (Wildman–Crippen LogP) is 4.48. The molecule has 208 valence electrons. The van der Waals surface area contributed by atoms with Crippen molar-refractivity contribution < 1.29 is 29.2 Å². The lowest BCUT2D eigenvalue weighted by molar-refractivity contribution is -0.320. The van der Waals surface area contributed by atoms with E-state index in [9.17, 15) is 15.0 Å². The number of aliphatic hydroxyl groups is 1. The van der Waals surface area contributed by atoms with Crippen LogP contribution in [0.3, 0.4) is 0 Å². The smallest absolute Gasteiger partial charge is 0.303 e. The van der Waals surface area contributed by atoms with E-state index < -0.39 is 22.7 Å². The first kappa shape index (κ1) is 25.2. The first-order valence-electron chi connectivity index (χ1n) is 14.6. The van der Waals surface area contributed by atoms with Gasteiger partial charge < -0.3 is 24.4 Å². The average Bonchev–Trinajstić information content (AvgIpc) is 3.59. The van der Waals surface area contributed by atoms with E-state index in [0.717, 1.165) is 49.9 Å². The van der Waals surface area contributed by atoms with Crippen molar-refractivity contribution in [1.82, 2.24) is 4.90 Å². The molecule has 4 saturated carbocycles. The number of hydrogen-bond acceptors (Lipinski definition) is 7. The number of hydrogen-bond donors (Lipinski definition) is 2. The molecule has 5 fully saturated rings. The molecule has 0 aromatic heterocycles. The predicted molar refractivity (Wildman–Crippen MR) is 141 cm³/mol. The minimum absolute atomic E-state index is 0.0109. The van der Waals surface area contributed by atoms with Gasteiger partial charge in [-0.3, -0.25) is 9.69 Å². The van der Waals surface area contributed by atoms with Crippen LogP contribution in [0.5, 0.6) is 11.5 Å². The molecule has 1 saturated heterocycles. The Balaban J connectivity index is 1.52. The molecule has 2 heterocycles. The second-order valence-electron chi connectivity index (χ2n) is 14.5. The number of ether oxygens (including phenoxy) is 3. The number of aromatic hydroxyl groups is 1. The highest BCUT2D eigenvalue weighted by molar-refractivity contribution is 5.69. The van der Waals surface area contributed by atoms with Gasteiger partial charge in [0.2, 0.25) is 0 Å². The molecule has 0 amide bonds. The Morgan fingerprint density at radius 2 is 1.92 bits per heavy atom. The lowest BCUT2D eigenvalue weighted by Gasteiger charge is -2.76. The Morgan fingerprint density at radius 1 is 1.18 bits per heavy atom. The van der Waals surface area contributed by atoms with Gasteiger partial charge in [0.05, 0.1) is 11.6 Å². The van der Waals surface area contributed by atoms with Crippen molar-refractivity contribution in [2.75, 3.05) is 20.2 Å². The van der Waals surface area contributed by atoms with Crippen LogP contribution in [0.15, 0.2) is 12.1 Å². The Kier molecular flexibility index (Phi) is 4.94. The zero-order valence-electron chi connectivity index (χ0n) is 23.7. The number of fused-ring (bicyclic) bond motifs is 2. The second kappa shape index (κ2) is 7.46. The second-order valence-corrected chi connectivity index (χ2v) is 14.5. The van der Waals surface area contributed by atoms with E-state index in [0.29, 0.717) is 11.7 Å². The summed E-state index contributed by atoms with van der Waals surface area (Å²) >= 11 is 0. The van der Waals surface area contributed by atoms with Gasteiger partial charge >= 0.3 is 5.97 Å². The molecule has 7 heteroatoms. The van der Waals surface area contributed by atoms with Crippen LogP contribution in [-0.4, -0.2) is 64.6 Å². The highest BCUT2D eigenvalue weighted by Gasteiger charge is 2.83. The Hall–Kier alpha value is -1.83. The molecule has 1 aromatic rings. The molecule has 8 atom stereocenters. The molecule has 1 unspecified atom stereocenters. The maximum absolute atomic E-state index is 12.6. The maximum Gasteiger partial charge on any atom is 0.303 e. The van der Waals surface area contributed by atoms with Gasteiger partial charge in [-0.05, 0) is 69.4 Å². The van der Waals surface area contributed by atoms with Gasteiger partial charge in [-0.25, -0.2) is 0 Å². The number of carbonyl (C=O) groups is 1. The first-order valence-corrected chi connectivity index (χ1v) is 14.6. The summed E-state index contributed by atoms with van der Waals surface area (Å²) in [7, 11) is 1.78. The summed E-state index contributed by atoms with van der Waals surface area (Å²) in [5.74, 6) is 0.885. The Labute approximate surface area is 225 Å². The molecule has 8 rings (SSSR count). The number of esters is 1. The average molecular weight is 526 g/mol. The third-order valence-corrected chi connectivity index (χ3v) is 12.2. The monoisotopic (exact) mass is 525 g/mol. The van der Waals surface area contributed by atoms with Gasteiger partial charge in [0, 0.05) is 48.5 Å². The fraction of sp³-hybridized carbons (Fsp3) is 0.774. The van der Waals surface area contributed by atoms with Crippen LogP contribution in [0.4, 0.5) is 0 Å². The van der Waals surface area contributed by atoms with Crippen molar-refractivity contribution in [3.63, 3.8) is 0 Å². The summed E-state index contributed by atoms with van der Waals surface area (Å²) in [6.07, 6.45) is 5.10. The largest absolute Gasteiger partial charge is 0.504 e. The SMILES string of the molecule is CO[C@]12CC[C@@]3(C[C@@H]1[C@](C)(O)C(C)(C)C)[C@H]1C(OC(C)=O)c4ccc(O)c5c4[C@@]3(CCN1CC1CC1)[C@H]2O5.